The molecule has 0 radical (unpaired) electrons. The van der Waals surface area contributed by atoms with Crippen LogP contribution in [0.2, 0.25) is 0 Å². The molecule has 5 aliphatic rings. The fourth-order valence-corrected chi connectivity index (χ4v) is 6.10. The highest BCUT2D eigenvalue weighted by atomic mass is 16.5. The molecule has 0 amide bonds. The molecule has 0 aromatic heterocycles. The molecular weight excluding hydrogens is 340 g/mol. The molecular formula is C23H32O4. The van der Waals surface area contributed by atoms with Crippen molar-refractivity contribution in [1.82, 2.24) is 0 Å². The number of aliphatic hydroxyl groups is 1. The summed E-state index contributed by atoms with van der Waals surface area (Å²) < 4.78 is 6.70. The molecule has 1 heterocycles. The monoisotopic (exact) mass is 372 g/mol. The lowest BCUT2D eigenvalue weighted by molar-refractivity contribution is -0.223. The SMILES string of the molecule is CC(C)C(=O)C1=C(O)C2=C(O[C@]3(CC2)CC[C@@H]2C[C@H]3C2(C)C)C(C)(C)C1=O. The minimum Gasteiger partial charge on any atom is -0.507 e. The van der Waals surface area contributed by atoms with Crippen LogP contribution in [-0.4, -0.2) is 22.3 Å². The molecule has 148 valence electrons. The van der Waals surface area contributed by atoms with Gasteiger partial charge in [-0.15, -0.1) is 0 Å². The maximum absolute atomic E-state index is 13.2. The Morgan fingerprint density at radius 1 is 1.19 bits per heavy atom. The van der Waals surface area contributed by atoms with Gasteiger partial charge >= 0.3 is 0 Å². The third-order valence-corrected chi connectivity index (χ3v) is 8.05. The Morgan fingerprint density at radius 2 is 1.85 bits per heavy atom. The van der Waals surface area contributed by atoms with Gasteiger partial charge in [0.2, 0.25) is 0 Å². The maximum Gasteiger partial charge on any atom is 0.183 e. The van der Waals surface area contributed by atoms with Crippen LogP contribution in [0.5, 0.6) is 0 Å². The summed E-state index contributed by atoms with van der Waals surface area (Å²) in [5.41, 5.74) is -0.224. The zero-order valence-corrected chi connectivity index (χ0v) is 17.4. The second-order valence-electron chi connectivity index (χ2n) is 10.5. The van der Waals surface area contributed by atoms with Crippen molar-refractivity contribution >= 4 is 11.6 Å². The highest BCUT2D eigenvalue weighted by Crippen LogP contribution is 2.67. The van der Waals surface area contributed by atoms with Gasteiger partial charge in [0.15, 0.2) is 11.6 Å². The molecule has 4 aliphatic carbocycles. The average Bonchev–Trinajstić information content (AvgIpc) is 2.60. The van der Waals surface area contributed by atoms with E-state index >= 15 is 0 Å². The number of aliphatic hydroxyl groups excluding tert-OH is 1. The van der Waals surface area contributed by atoms with Gasteiger partial charge < -0.3 is 9.84 Å². The second kappa shape index (κ2) is 5.48. The van der Waals surface area contributed by atoms with Crippen molar-refractivity contribution in [2.75, 3.05) is 0 Å². The van der Waals surface area contributed by atoms with E-state index in [2.05, 4.69) is 13.8 Å². The quantitative estimate of drug-likeness (QED) is 0.701. The second-order valence-corrected chi connectivity index (χ2v) is 10.5. The highest BCUT2D eigenvalue weighted by molar-refractivity contribution is 6.24. The molecule has 2 bridgehead atoms. The number of allylic oxidation sites excluding steroid dienone is 3. The lowest BCUT2D eigenvalue weighted by Gasteiger charge is -2.66. The van der Waals surface area contributed by atoms with Crippen LogP contribution in [0.15, 0.2) is 22.7 Å². The molecule has 1 aliphatic heterocycles. The first kappa shape index (κ1) is 18.8. The van der Waals surface area contributed by atoms with E-state index in [1.807, 2.05) is 13.8 Å². The zero-order chi connectivity index (χ0) is 19.9. The molecule has 3 saturated carbocycles. The van der Waals surface area contributed by atoms with Gasteiger partial charge in [-0.3, -0.25) is 9.59 Å². The van der Waals surface area contributed by atoms with E-state index < -0.39 is 5.41 Å². The normalized spacial score (nSPS) is 36.5. The fraction of sp³-hybridized carbons (Fsp3) is 0.739. The van der Waals surface area contributed by atoms with E-state index in [9.17, 15) is 14.7 Å². The van der Waals surface area contributed by atoms with Crippen molar-refractivity contribution in [2.24, 2.45) is 28.6 Å². The molecule has 3 fully saturated rings. The topological polar surface area (TPSA) is 63.6 Å². The van der Waals surface area contributed by atoms with Crippen molar-refractivity contribution in [3.63, 3.8) is 0 Å². The van der Waals surface area contributed by atoms with Crippen LogP contribution in [-0.2, 0) is 14.3 Å². The number of carbonyl (C=O) groups is 2. The molecule has 3 atom stereocenters. The van der Waals surface area contributed by atoms with E-state index in [1.165, 1.54) is 12.8 Å². The first-order chi connectivity index (χ1) is 12.4. The van der Waals surface area contributed by atoms with Crippen molar-refractivity contribution in [1.29, 1.82) is 0 Å². The third kappa shape index (κ3) is 2.28. The van der Waals surface area contributed by atoms with Gasteiger partial charge in [0.25, 0.3) is 0 Å². The third-order valence-electron chi connectivity index (χ3n) is 8.05. The summed E-state index contributed by atoms with van der Waals surface area (Å²) in [4.78, 5) is 25.8. The summed E-state index contributed by atoms with van der Waals surface area (Å²) in [7, 11) is 0. The van der Waals surface area contributed by atoms with Crippen LogP contribution in [0.4, 0.5) is 0 Å². The molecule has 0 aromatic rings. The van der Waals surface area contributed by atoms with Crippen LogP contribution in [0, 0.1) is 28.6 Å². The van der Waals surface area contributed by atoms with E-state index in [-0.39, 0.29) is 39.8 Å². The molecule has 0 saturated heterocycles. The van der Waals surface area contributed by atoms with Crippen LogP contribution < -0.4 is 0 Å². The highest BCUT2D eigenvalue weighted by Gasteiger charge is 2.64. The standard InChI is InChI=1S/C23H32O4/c1-12(2)17(24)16-18(25)14-8-10-23(27-20(14)22(5,6)19(16)26)9-7-13-11-15(23)21(13,3)4/h12-13,15,25H,7-11H2,1-6H3/t13-,15+,23+/m1/s1. The van der Waals surface area contributed by atoms with Gasteiger partial charge in [-0.1, -0.05) is 27.7 Å². The van der Waals surface area contributed by atoms with E-state index in [0.717, 1.165) is 18.8 Å². The molecule has 0 unspecified atom stereocenters. The van der Waals surface area contributed by atoms with Gasteiger partial charge in [0.1, 0.15) is 22.7 Å². The number of rotatable bonds is 2. The summed E-state index contributed by atoms with van der Waals surface area (Å²) in [6.07, 6.45) is 4.91. The summed E-state index contributed by atoms with van der Waals surface area (Å²) >= 11 is 0. The van der Waals surface area contributed by atoms with Gasteiger partial charge in [0, 0.05) is 17.4 Å². The lowest BCUT2D eigenvalue weighted by Crippen LogP contribution is -2.63. The molecule has 27 heavy (non-hydrogen) atoms. The number of ketones is 2. The Kier molecular flexibility index (Phi) is 3.81. The Morgan fingerprint density at radius 3 is 2.41 bits per heavy atom. The Bertz CT molecular complexity index is 793. The van der Waals surface area contributed by atoms with Crippen molar-refractivity contribution < 1.29 is 19.4 Å². The number of hydrogen-bond acceptors (Lipinski definition) is 4. The van der Waals surface area contributed by atoms with Gasteiger partial charge in [0.05, 0.1) is 5.41 Å². The molecule has 4 heteroatoms. The largest absolute Gasteiger partial charge is 0.507 e. The first-order valence-electron chi connectivity index (χ1n) is 10.4. The Hall–Kier alpha value is -1.58. The fourth-order valence-electron chi connectivity index (χ4n) is 6.10. The van der Waals surface area contributed by atoms with Crippen LogP contribution in [0.25, 0.3) is 0 Å². The zero-order valence-electron chi connectivity index (χ0n) is 17.4. The van der Waals surface area contributed by atoms with Crippen LogP contribution in [0.1, 0.15) is 73.6 Å². The predicted molar refractivity (Wildman–Crippen MR) is 103 cm³/mol. The predicted octanol–water partition coefficient (Wildman–Crippen LogP) is 4.89. The van der Waals surface area contributed by atoms with Crippen molar-refractivity contribution in [3.8, 4) is 0 Å². The smallest absolute Gasteiger partial charge is 0.183 e. The van der Waals surface area contributed by atoms with Crippen molar-refractivity contribution in [2.45, 2.75) is 79.2 Å². The van der Waals surface area contributed by atoms with Crippen molar-refractivity contribution in [3.05, 3.63) is 22.7 Å². The Labute approximate surface area is 162 Å². The van der Waals surface area contributed by atoms with Gasteiger partial charge in [-0.2, -0.15) is 0 Å². The molecule has 0 aromatic carbocycles. The van der Waals surface area contributed by atoms with Crippen LogP contribution in [0.3, 0.4) is 0 Å². The number of fused-ring (bicyclic) bond motifs is 1. The Balaban J connectivity index is 1.78. The lowest BCUT2D eigenvalue weighted by atomic mass is 9.43. The van der Waals surface area contributed by atoms with Gasteiger partial charge in [-0.25, -0.2) is 0 Å². The van der Waals surface area contributed by atoms with Crippen LogP contribution >= 0.6 is 0 Å². The number of ether oxygens (including phenoxy) is 1. The number of hydrogen-bond donors (Lipinski definition) is 1. The molecule has 1 N–H and O–H groups in total. The summed E-state index contributed by atoms with van der Waals surface area (Å²) in [5.74, 6) is 0.826. The average molecular weight is 373 g/mol. The summed E-state index contributed by atoms with van der Waals surface area (Å²) in [5, 5.41) is 10.9. The maximum atomic E-state index is 13.2. The van der Waals surface area contributed by atoms with E-state index in [1.54, 1.807) is 13.8 Å². The van der Waals surface area contributed by atoms with E-state index in [4.69, 9.17) is 4.74 Å². The molecule has 4 nitrogen and oxygen atoms in total. The minimum atomic E-state index is -0.917. The first-order valence-corrected chi connectivity index (χ1v) is 10.4. The number of carbonyl (C=O) groups excluding carboxylic acids is 2. The molecule has 5 rings (SSSR count). The summed E-state index contributed by atoms with van der Waals surface area (Å²) in [6.45, 7) is 11.9. The van der Waals surface area contributed by atoms with Gasteiger partial charge in [-0.05, 0) is 57.3 Å². The minimum absolute atomic E-state index is 0.0269. The number of Topliss-reactive ketones (excluding diaryl/α,β-unsaturated/α-hetero) is 2. The summed E-state index contributed by atoms with van der Waals surface area (Å²) in [6, 6.07) is 0. The molecule has 1 spiro atoms. The van der Waals surface area contributed by atoms with E-state index in [0.29, 0.717) is 23.7 Å².